The van der Waals surface area contributed by atoms with Crippen LogP contribution < -0.4 is 10.1 Å². The van der Waals surface area contributed by atoms with Gasteiger partial charge in [0.05, 0.1) is 6.61 Å². The molecule has 0 radical (unpaired) electrons. The molecule has 1 N–H and O–H groups in total. The van der Waals surface area contributed by atoms with Crippen LogP contribution in [-0.2, 0) is 5.41 Å². The summed E-state index contributed by atoms with van der Waals surface area (Å²) in [6.45, 7) is 12.0. The van der Waals surface area contributed by atoms with Gasteiger partial charge in [0, 0.05) is 17.6 Å². The molecule has 1 aliphatic heterocycles. The summed E-state index contributed by atoms with van der Waals surface area (Å²) in [5.41, 5.74) is 2.90. The van der Waals surface area contributed by atoms with Crippen LogP contribution in [0.4, 0.5) is 0 Å². The van der Waals surface area contributed by atoms with Crippen LogP contribution in [0.3, 0.4) is 0 Å². The van der Waals surface area contributed by atoms with Gasteiger partial charge in [-0.1, -0.05) is 40.7 Å². The summed E-state index contributed by atoms with van der Waals surface area (Å²) in [5, 5.41) is 3.68. The number of ether oxygens (including phenoxy) is 1. The van der Waals surface area contributed by atoms with E-state index in [0.717, 1.165) is 25.2 Å². The van der Waals surface area contributed by atoms with Gasteiger partial charge in [-0.15, -0.1) is 0 Å². The van der Waals surface area contributed by atoms with Crippen LogP contribution in [0, 0.1) is 0 Å². The third kappa shape index (κ3) is 3.50. The Bertz CT molecular complexity index is 431. The fourth-order valence-electron chi connectivity index (χ4n) is 2.62. The lowest BCUT2D eigenvalue weighted by molar-refractivity contribution is 0.314. The van der Waals surface area contributed by atoms with Crippen molar-refractivity contribution in [2.75, 3.05) is 6.61 Å². The van der Waals surface area contributed by atoms with Gasteiger partial charge in [-0.25, -0.2) is 0 Å². The molecule has 1 unspecified atom stereocenters. The highest BCUT2D eigenvalue weighted by Gasteiger charge is 2.23. The molecule has 0 amide bonds. The Labute approximate surface area is 117 Å². The summed E-state index contributed by atoms with van der Waals surface area (Å²) in [6, 6.07) is 7.60. The van der Waals surface area contributed by atoms with Gasteiger partial charge in [0.25, 0.3) is 0 Å². The molecule has 19 heavy (non-hydrogen) atoms. The van der Waals surface area contributed by atoms with Crippen molar-refractivity contribution < 1.29 is 4.74 Å². The van der Waals surface area contributed by atoms with Gasteiger partial charge < -0.3 is 10.1 Å². The average Bonchev–Trinajstić information content (AvgIpc) is 2.49. The van der Waals surface area contributed by atoms with Crippen molar-refractivity contribution >= 4 is 0 Å². The maximum absolute atomic E-state index is 5.89. The number of fused-ring (bicyclic) bond motifs is 1. The molecular weight excluding hydrogens is 234 g/mol. The molecule has 0 aromatic heterocycles. The average molecular weight is 261 g/mol. The Morgan fingerprint density at radius 2 is 2.00 bits per heavy atom. The van der Waals surface area contributed by atoms with E-state index in [2.05, 4.69) is 58.1 Å². The molecule has 0 bridgehead atoms. The third-order valence-corrected chi connectivity index (χ3v) is 3.68. The van der Waals surface area contributed by atoms with Crippen molar-refractivity contribution in [2.45, 2.75) is 65.0 Å². The summed E-state index contributed by atoms with van der Waals surface area (Å²) in [4.78, 5) is 0. The first-order chi connectivity index (χ1) is 8.88. The smallest absolute Gasteiger partial charge is 0.124 e. The quantitative estimate of drug-likeness (QED) is 0.861. The van der Waals surface area contributed by atoms with E-state index in [9.17, 15) is 0 Å². The molecule has 0 aliphatic carbocycles. The van der Waals surface area contributed by atoms with Crippen molar-refractivity contribution in [2.24, 2.45) is 0 Å². The molecule has 0 spiro atoms. The maximum Gasteiger partial charge on any atom is 0.124 e. The van der Waals surface area contributed by atoms with Gasteiger partial charge >= 0.3 is 0 Å². The lowest BCUT2D eigenvalue weighted by Crippen LogP contribution is -2.28. The van der Waals surface area contributed by atoms with E-state index in [1.807, 2.05) is 0 Å². The zero-order chi connectivity index (χ0) is 14.0. The first kappa shape index (κ1) is 14.4. The molecule has 106 valence electrons. The zero-order valence-electron chi connectivity index (χ0n) is 12.9. The maximum atomic E-state index is 5.89. The molecule has 2 heteroatoms. The van der Waals surface area contributed by atoms with Gasteiger partial charge in [0.1, 0.15) is 5.75 Å². The Morgan fingerprint density at radius 1 is 1.26 bits per heavy atom. The summed E-state index contributed by atoms with van der Waals surface area (Å²) in [5.74, 6) is 1.06. The lowest BCUT2D eigenvalue weighted by atomic mass is 9.85. The molecule has 1 aromatic rings. The van der Waals surface area contributed by atoms with Gasteiger partial charge in [-0.2, -0.15) is 0 Å². The van der Waals surface area contributed by atoms with E-state index < -0.39 is 0 Å². The Hall–Kier alpha value is -1.02. The lowest BCUT2D eigenvalue weighted by Gasteiger charge is -2.25. The Morgan fingerprint density at radius 3 is 2.63 bits per heavy atom. The van der Waals surface area contributed by atoms with Crippen molar-refractivity contribution in [3.63, 3.8) is 0 Å². The number of rotatable bonds is 2. The molecule has 1 heterocycles. The number of nitrogens with one attached hydrogen (secondary N) is 1. The molecule has 1 atom stereocenters. The predicted molar refractivity (Wildman–Crippen MR) is 80.9 cm³/mol. The van der Waals surface area contributed by atoms with Gasteiger partial charge in [0.2, 0.25) is 0 Å². The number of benzene rings is 1. The number of hydrogen-bond acceptors (Lipinski definition) is 2. The minimum absolute atomic E-state index is 0.184. The van der Waals surface area contributed by atoms with Crippen LogP contribution in [-0.4, -0.2) is 12.6 Å². The molecule has 2 nitrogen and oxygen atoms in total. The van der Waals surface area contributed by atoms with Crippen molar-refractivity contribution in [3.8, 4) is 5.75 Å². The molecule has 1 aliphatic rings. The molecule has 0 saturated carbocycles. The molecule has 2 rings (SSSR count). The highest BCUT2D eigenvalue weighted by atomic mass is 16.5. The first-order valence-electron chi connectivity index (χ1n) is 7.41. The minimum Gasteiger partial charge on any atom is -0.493 e. The summed E-state index contributed by atoms with van der Waals surface area (Å²) < 4.78 is 5.89. The van der Waals surface area contributed by atoms with Crippen LogP contribution in [0.5, 0.6) is 5.75 Å². The molecular formula is C17H27NO. The van der Waals surface area contributed by atoms with Gasteiger partial charge in [-0.05, 0) is 36.0 Å². The largest absolute Gasteiger partial charge is 0.493 e. The van der Waals surface area contributed by atoms with Crippen molar-refractivity contribution in [1.82, 2.24) is 5.32 Å². The zero-order valence-corrected chi connectivity index (χ0v) is 12.9. The summed E-state index contributed by atoms with van der Waals surface area (Å²) in [7, 11) is 0. The van der Waals surface area contributed by atoms with E-state index in [1.165, 1.54) is 11.1 Å². The van der Waals surface area contributed by atoms with E-state index in [4.69, 9.17) is 4.74 Å². The number of hydrogen-bond donors (Lipinski definition) is 1. The van der Waals surface area contributed by atoms with E-state index in [0.29, 0.717) is 12.1 Å². The van der Waals surface area contributed by atoms with Gasteiger partial charge in [0.15, 0.2) is 0 Å². The predicted octanol–water partition coefficient (Wildman–Crippen LogP) is 4.20. The fourth-order valence-corrected chi connectivity index (χ4v) is 2.62. The normalized spacial score (nSPS) is 19.8. The molecule has 0 fully saturated rings. The highest BCUT2D eigenvalue weighted by molar-refractivity contribution is 5.42. The minimum atomic E-state index is 0.184. The summed E-state index contributed by atoms with van der Waals surface area (Å²) in [6.07, 6.45) is 2.27. The molecule has 1 aromatic carbocycles. The van der Waals surface area contributed by atoms with Crippen molar-refractivity contribution in [3.05, 3.63) is 29.3 Å². The fraction of sp³-hybridized carbons (Fsp3) is 0.647. The topological polar surface area (TPSA) is 21.3 Å². The summed E-state index contributed by atoms with van der Waals surface area (Å²) >= 11 is 0. The Kier molecular flexibility index (Phi) is 4.19. The van der Waals surface area contributed by atoms with E-state index in [1.54, 1.807) is 0 Å². The van der Waals surface area contributed by atoms with Crippen LogP contribution >= 0.6 is 0 Å². The van der Waals surface area contributed by atoms with E-state index in [-0.39, 0.29) is 5.41 Å². The highest BCUT2D eigenvalue weighted by Crippen LogP contribution is 2.35. The van der Waals surface area contributed by atoms with Crippen molar-refractivity contribution in [1.29, 1.82) is 0 Å². The first-order valence-corrected chi connectivity index (χ1v) is 7.41. The Balaban J connectivity index is 2.38. The van der Waals surface area contributed by atoms with Crippen LogP contribution in [0.1, 0.15) is 64.6 Å². The van der Waals surface area contributed by atoms with Crippen LogP contribution in [0.25, 0.3) is 0 Å². The van der Waals surface area contributed by atoms with Crippen LogP contribution in [0.15, 0.2) is 18.2 Å². The second-order valence-corrected chi connectivity index (χ2v) is 6.87. The third-order valence-electron chi connectivity index (χ3n) is 3.68. The SMILES string of the molecule is CC(C)NC1CCCOc2ccc(C(C)(C)C)cc21. The standard InChI is InChI=1S/C17H27NO/c1-12(2)18-15-7-6-10-19-16-9-8-13(11-14(15)16)17(3,4)5/h8-9,11-12,15,18H,6-7,10H2,1-5H3. The second kappa shape index (κ2) is 5.54. The second-order valence-electron chi connectivity index (χ2n) is 6.87. The molecule has 0 saturated heterocycles. The van der Waals surface area contributed by atoms with Gasteiger partial charge in [-0.3, -0.25) is 0 Å². The van der Waals surface area contributed by atoms with E-state index >= 15 is 0 Å². The monoisotopic (exact) mass is 261 g/mol. The van der Waals surface area contributed by atoms with Crippen LogP contribution in [0.2, 0.25) is 0 Å².